The molecule has 0 atom stereocenters. The highest BCUT2D eigenvalue weighted by Gasteiger charge is 2.10. The van der Waals surface area contributed by atoms with Crippen LogP contribution in [-0.2, 0) is 4.74 Å². The maximum Gasteiger partial charge on any atom is 0.337 e. The second-order valence-electron chi connectivity index (χ2n) is 3.41. The highest BCUT2D eigenvalue weighted by Crippen LogP contribution is 2.11. The topological polar surface area (TPSA) is 81.4 Å². The second kappa shape index (κ2) is 5.13. The molecule has 0 aliphatic rings. The van der Waals surface area contributed by atoms with Crippen LogP contribution < -0.4 is 5.32 Å². The number of carbonyl (C=O) groups is 2. The molecule has 1 heterocycles. The molecule has 0 unspecified atom stereocenters. The number of aromatic nitrogens is 1. The molecule has 2 aromatic rings. The van der Waals surface area contributed by atoms with Gasteiger partial charge in [0.2, 0.25) is 0 Å². The number of hydrogen-bond acceptors (Lipinski definition) is 5. The van der Waals surface area contributed by atoms with Gasteiger partial charge in [-0.2, -0.15) is 0 Å². The summed E-state index contributed by atoms with van der Waals surface area (Å²) >= 11 is 0. The van der Waals surface area contributed by atoms with E-state index in [-0.39, 0.29) is 11.6 Å². The fourth-order valence-electron chi connectivity index (χ4n) is 1.33. The van der Waals surface area contributed by atoms with E-state index in [1.165, 1.54) is 19.4 Å². The molecule has 1 N–H and O–H groups in total. The first-order valence-electron chi connectivity index (χ1n) is 5.11. The van der Waals surface area contributed by atoms with Crippen molar-refractivity contribution < 1.29 is 18.8 Å². The Hall–Kier alpha value is -2.63. The van der Waals surface area contributed by atoms with Crippen molar-refractivity contribution in [2.45, 2.75) is 0 Å². The Kier molecular flexibility index (Phi) is 3.38. The minimum absolute atomic E-state index is 0.187. The summed E-state index contributed by atoms with van der Waals surface area (Å²) in [5.74, 6) is -0.807. The van der Waals surface area contributed by atoms with Crippen molar-refractivity contribution in [3.63, 3.8) is 0 Å². The Labute approximate surface area is 103 Å². The number of nitrogens with zero attached hydrogens (tertiary/aromatic N) is 1. The molecule has 92 valence electrons. The molecule has 0 aliphatic heterocycles. The van der Waals surface area contributed by atoms with Crippen LogP contribution in [-0.4, -0.2) is 24.1 Å². The van der Waals surface area contributed by atoms with Crippen molar-refractivity contribution in [2.75, 3.05) is 12.4 Å². The molecule has 1 aromatic heterocycles. The molecule has 0 saturated heterocycles. The summed E-state index contributed by atoms with van der Waals surface area (Å²) in [7, 11) is 1.31. The molecule has 1 amide bonds. The lowest BCUT2D eigenvalue weighted by Crippen LogP contribution is -2.12. The Morgan fingerprint density at radius 1 is 1.22 bits per heavy atom. The van der Waals surface area contributed by atoms with E-state index in [1.807, 2.05) is 0 Å². The molecule has 0 fully saturated rings. The predicted molar refractivity (Wildman–Crippen MR) is 62.2 cm³/mol. The molecule has 18 heavy (non-hydrogen) atoms. The molecule has 6 nitrogen and oxygen atoms in total. The predicted octanol–water partition coefficient (Wildman–Crippen LogP) is 1.71. The van der Waals surface area contributed by atoms with Gasteiger partial charge in [0.1, 0.15) is 6.26 Å². The van der Waals surface area contributed by atoms with Gasteiger partial charge < -0.3 is 14.6 Å². The number of ether oxygens (including phenoxy) is 1. The second-order valence-corrected chi connectivity index (χ2v) is 3.41. The number of anilines is 1. The van der Waals surface area contributed by atoms with Gasteiger partial charge in [0.05, 0.1) is 12.7 Å². The van der Waals surface area contributed by atoms with Gasteiger partial charge in [-0.1, -0.05) is 5.16 Å². The van der Waals surface area contributed by atoms with Gasteiger partial charge in [-0.15, -0.1) is 0 Å². The lowest BCUT2D eigenvalue weighted by atomic mass is 10.2. The smallest absolute Gasteiger partial charge is 0.337 e. The number of esters is 1. The normalized spacial score (nSPS) is 9.83. The summed E-state index contributed by atoms with van der Waals surface area (Å²) in [4.78, 5) is 22.8. The van der Waals surface area contributed by atoms with E-state index < -0.39 is 5.97 Å². The number of nitrogens with one attached hydrogen (secondary N) is 1. The lowest BCUT2D eigenvalue weighted by molar-refractivity contribution is 0.0600. The minimum atomic E-state index is -0.427. The standard InChI is InChI=1S/C12H10N2O4/c1-17-12(16)8-2-4-9(5-3-8)13-11(15)10-6-7-18-14-10/h2-7H,1H3,(H,13,15). The van der Waals surface area contributed by atoms with Crippen LogP contribution in [0.1, 0.15) is 20.8 Å². The van der Waals surface area contributed by atoms with Gasteiger partial charge in [-0.25, -0.2) is 4.79 Å². The van der Waals surface area contributed by atoms with Gasteiger partial charge in [0.15, 0.2) is 5.69 Å². The number of amides is 1. The van der Waals surface area contributed by atoms with Gasteiger partial charge >= 0.3 is 5.97 Å². The van der Waals surface area contributed by atoms with E-state index in [1.54, 1.807) is 24.3 Å². The molecule has 0 radical (unpaired) electrons. The fourth-order valence-corrected chi connectivity index (χ4v) is 1.33. The van der Waals surface area contributed by atoms with Gasteiger partial charge in [-0.05, 0) is 24.3 Å². The van der Waals surface area contributed by atoms with Crippen molar-refractivity contribution >= 4 is 17.6 Å². The van der Waals surface area contributed by atoms with E-state index >= 15 is 0 Å². The molecule has 1 aromatic carbocycles. The van der Waals surface area contributed by atoms with Crippen LogP contribution in [0, 0.1) is 0 Å². The summed E-state index contributed by atoms with van der Waals surface area (Å²) in [5, 5.41) is 6.13. The highest BCUT2D eigenvalue weighted by molar-refractivity contribution is 6.02. The Morgan fingerprint density at radius 2 is 1.94 bits per heavy atom. The Bertz CT molecular complexity index is 546. The van der Waals surface area contributed by atoms with E-state index in [9.17, 15) is 9.59 Å². The van der Waals surface area contributed by atoms with E-state index in [0.29, 0.717) is 11.3 Å². The minimum Gasteiger partial charge on any atom is -0.465 e. The number of carbonyl (C=O) groups excluding carboxylic acids is 2. The molecule has 0 spiro atoms. The lowest BCUT2D eigenvalue weighted by Gasteiger charge is -2.03. The fraction of sp³-hybridized carbons (Fsp3) is 0.0833. The quantitative estimate of drug-likeness (QED) is 0.834. The molecule has 0 aliphatic carbocycles. The van der Waals surface area contributed by atoms with Crippen molar-refractivity contribution in [3.05, 3.63) is 47.9 Å². The van der Waals surface area contributed by atoms with Crippen molar-refractivity contribution in [1.82, 2.24) is 5.16 Å². The van der Waals surface area contributed by atoms with Crippen LogP contribution in [0.25, 0.3) is 0 Å². The number of methoxy groups -OCH3 is 1. The highest BCUT2D eigenvalue weighted by atomic mass is 16.5. The number of benzene rings is 1. The van der Waals surface area contributed by atoms with E-state index in [4.69, 9.17) is 0 Å². The zero-order chi connectivity index (χ0) is 13.0. The van der Waals surface area contributed by atoms with Gasteiger partial charge in [0.25, 0.3) is 5.91 Å². The van der Waals surface area contributed by atoms with Gasteiger partial charge in [-0.3, -0.25) is 4.79 Å². The number of rotatable bonds is 3. The molecule has 2 rings (SSSR count). The third-order valence-electron chi connectivity index (χ3n) is 2.23. The molecular formula is C12H10N2O4. The van der Waals surface area contributed by atoms with E-state index in [2.05, 4.69) is 19.7 Å². The summed E-state index contributed by atoms with van der Waals surface area (Å²) < 4.78 is 9.13. The summed E-state index contributed by atoms with van der Waals surface area (Å²) in [6.45, 7) is 0. The average Bonchev–Trinajstić information content (AvgIpc) is 2.92. The molecule has 0 saturated carbocycles. The Balaban J connectivity index is 2.07. The first-order chi connectivity index (χ1) is 8.70. The van der Waals surface area contributed by atoms with Crippen molar-refractivity contribution in [3.8, 4) is 0 Å². The zero-order valence-electron chi connectivity index (χ0n) is 9.54. The molecular weight excluding hydrogens is 236 g/mol. The zero-order valence-corrected chi connectivity index (χ0v) is 9.54. The average molecular weight is 246 g/mol. The maximum absolute atomic E-state index is 11.6. The monoisotopic (exact) mass is 246 g/mol. The van der Waals surface area contributed by atoms with Crippen LogP contribution in [0.4, 0.5) is 5.69 Å². The molecule has 6 heteroatoms. The third-order valence-corrected chi connectivity index (χ3v) is 2.23. The van der Waals surface area contributed by atoms with Crippen LogP contribution >= 0.6 is 0 Å². The van der Waals surface area contributed by atoms with Crippen LogP contribution in [0.2, 0.25) is 0 Å². The Morgan fingerprint density at radius 3 is 2.50 bits per heavy atom. The summed E-state index contributed by atoms with van der Waals surface area (Å²) in [5.41, 5.74) is 1.15. The molecule has 0 bridgehead atoms. The summed E-state index contributed by atoms with van der Waals surface area (Å²) in [6.07, 6.45) is 1.31. The van der Waals surface area contributed by atoms with E-state index in [0.717, 1.165) is 0 Å². The SMILES string of the molecule is COC(=O)c1ccc(NC(=O)c2ccon2)cc1. The van der Waals surface area contributed by atoms with Crippen molar-refractivity contribution in [1.29, 1.82) is 0 Å². The van der Waals surface area contributed by atoms with Crippen molar-refractivity contribution in [2.24, 2.45) is 0 Å². The third kappa shape index (κ3) is 2.54. The van der Waals surface area contributed by atoms with Crippen LogP contribution in [0.5, 0.6) is 0 Å². The van der Waals surface area contributed by atoms with Gasteiger partial charge in [0, 0.05) is 11.8 Å². The summed E-state index contributed by atoms with van der Waals surface area (Å²) in [6, 6.07) is 7.78. The first-order valence-corrected chi connectivity index (χ1v) is 5.11. The number of hydrogen-bond donors (Lipinski definition) is 1. The maximum atomic E-state index is 11.6. The largest absolute Gasteiger partial charge is 0.465 e. The van der Waals surface area contributed by atoms with Crippen LogP contribution in [0.15, 0.2) is 41.1 Å². The first kappa shape index (κ1) is 11.8. The van der Waals surface area contributed by atoms with Crippen LogP contribution in [0.3, 0.4) is 0 Å².